The number of rotatable bonds is 6. The number of nitrogens with zero attached hydrogens (tertiary/aromatic N) is 4. The highest BCUT2D eigenvalue weighted by molar-refractivity contribution is 5.80. The van der Waals surface area contributed by atoms with Crippen LogP contribution in [-0.2, 0) is 11.2 Å². The van der Waals surface area contributed by atoms with Crippen LogP contribution < -0.4 is 5.32 Å². The molecule has 3 aliphatic rings. The molecule has 170 valence electrons. The topological polar surface area (TPSA) is 51.2 Å². The van der Waals surface area contributed by atoms with E-state index in [1.54, 1.807) is 0 Å². The summed E-state index contributed by atoms with van der Waals surface area (Å²) in [7, 11) is 1.89. The lowest BCUT2D eigenvalue weighted by Gasteiger charge is -2.38. The number of carbonyl (C=O) groups excluding carboxylic acids is 1. The first kappa shape index (κ1) is 22.1. The summed E-state index contributed by atoms with van der Waals surface area (Å²) in [5, 5.41) is 3.58. The summed E-state index contributed by atoms with van der Waals surface area (Å²) in [6.07, 6.45) is 7.08. The van der Waals surface area contributed by atoms with Gasteiger partial charge in [0.25, 0.3) is 0 Å². The van der Waals surface area contributed by atoms with E-state index >= 15 is 0 Å². The summed E-state index contributed by atoms with van der Waals surface area (Å²) in [4.78, 5) is 23.9. The quantitative estimate of drug-likeness (QED) is 0.562. The van der Waals surface area contributed by atoms with Gasteiger partial charge in [0.05, 0.1) is 0 Å². The van der Waals surface area contributed by atoms with Crippen LogP contribution in [0.1, 0.15) is 37.7 Å². The van der Waals surface area contributed by atoms with Crippen LogP contribution in [0.3, 0.4) is 0 Å². The number of hydrogen-bond donors (Lipinski definition) is 1. The number of aliphatic imine (C=N–C) groups is 1. The Balaban J connectivity index is 1.12. The number of guanidine groups is 1. The fourth-order valence-electron chi connectivity index (χ4n) is 5.06. The number of amides is 1. The molecule has 2 heterocycles. The first-order chi connectivity index (χ1) is 15.2. The van der Waals surface area contributed by atoms with Gasteiger partial charge >= 0.3 is 0 Å². The molecule has 4 rings (SSSR count). The number of likely N-dealkylation sites (tertiary alicyclic amines) is 1. The molecule has 2 saturated heterocycles. The van der Waals surface area contributed by atoms with E-state index in [0.717, 1.165) is 77.1 Å². The normalized spacial score (nSPS) is 21.8. The van der Waals surface area contributed by atoms with Crippen LogP contribution in [0.15, 0.2) is 35.3 Å². The zero-order chi connectivity index (χ0) is 21.5. The molecule has 2 aliphatic heterocycles. The third-order valence-corrected chi connectivity index (χ3v) is 7.34. The van der Waals surface area contributed by atoms with Crippen molar-refractivity contribution in [1.29, 1.82) is 0 Å². The van der Waals surface area contributed by atoms with Crippen LogP contribution in [0.4, 0.5) is 0 Å². The molecule has 6 nitrogen and oxygen atoms in total. The van der Waals surface area contributed by atoms with Gasteiger partial charge in [-0.2, -0.15) is 0 Å². The molecule has 0 radical (unpaired) electrons. The minimum atomic E-state index is 0.327. The van der Waals surface area contributed by atoms with Crippen molar-refractivity contribution in [3.05, 3.63) is 35.9 Å². The van der Waals surface area contributed by atoms with Crippen molar-refractivity contribution in [1.82, 2.24) is 20.0 Å². The Morgan fingerprint density at radius 1 is 0.968 bits per heavy atom. The summed E-state index contributed by atoms with van der Waals surface area (Å²) in [6.45, 7) is 7.84. The summed E-state index contributed by atoms with van der Waals surface area (Å²) < 4.78 is 0. The summed E-state index contributed by atoms with van der Waals surface area (Å²) in [5.41, 5.74) is 1.46. The molecule has 1 aliphatic carbocycles. The molecular weight excluding hydrogens is 386 g/mol. The molecule has 1 aromatic carbocycles. The van der Waals surface area contributed by atoms with Crippen LogP contribution in [0.5, 0.6) is 0 Å². The van der Waals surface area contributed by atoms with Crippen LogP contribution in [0.2, 0.25) is 0 Å². The molecule has 1 N–H and O–H groups in total. The Bertz CT molecular complexity index is 717. The van der Waals surface area contributed by atoms with Crippen molar-refractivity contribution < 1.29 is 4.79 Å². The maximum Gasteiger partial charge on any atom is 0.225 e. The zero-order valence-electron chi connectivity index (χ0n) is 19.1. The third kappa shape index (κ3) is 6.00. The third-order valence-electron chi connectivity index (χ3n) is 7.34. The van der Waals surface area contributed by atoms with Gasteiger partial charge in [-0.05, 0) is 43.6 Å². The van der Waals surface area contributed by atoms with Gasteiger partial charge in [-0.15, -0.1) is 0 Å². The van der Waals surface area contributed by atoms with Gasteiger partial charge in [0, 0.05) is 65.3 Å². The Hall–Kier alpha value is -2.08. The van der Waals surface area contributed by atoms with Crippen molar-refractivity contribution in [3.63, 3.8) is 0 Å². The number of carbonyl (C=O) groups is 1. The van der Waals surface area contributed by atoms with Crippen molar-refractivity contribution in [2.45, 2.75) is 38.5 Å². The zero-order valence-corrected chi connectivity index (χ0v) is 19.1. The lowest BCUT2D eigenvalue weighted by atomic mass is 9.84. The fraction of sp³-hybridized carbons (Fsp3) is 0.680. The number of piperidine rings is 1. The van der Waals surface area contributed by atoms with Crippen LogP contribution >= 0.6 is 0 Å². The van der Waals surface area contributed by atoms with Gasteiger partial charge in [-0.25, -0.2) is 0 Å². The average Bonchev–Trinajstić information content (AvgIpc) is 2.77. The lowest BCUT2D eigenvalue weighted by molar-refractivity contribution is -0.139. The highest BCUT2D eigenvalue weighted by Crippen LogP contribution is 2.28. The SMILES string of the molecule is CN=C(NCCN1CCN(C(=O)C2CCC2)CC1)N1CCC(Cc2ccccc2)CC1. The average molecular weight is 426 g/mol. The first-order valence-electron chi connectivity index (χ1n) is 12.2. The van der Waals surface area contributed by atoms with Crippen LogP contribution in [0.25, 0.3) is 0 Å². The number of nitrogens with one attached hydrogen (secondary N) is 1. The van der Waals surface area contributed by atoms with Crippen molar-refractivity contribution in [2.24, 2.45) is 16.8 Å². The van der Waals surface area contributed by atoms with Crippen molar-refractivity contribution >= 4 is 11.9 Å². The van der Waals surface area contributed by atoms with Gasteiger partial charge in [-0.1, -0.05) is 36.8 Å². The molecular formula is C25H39N5O. The molecule has 0 unspecified atom stereocenters. The predicted molar refractivity (Wildman–Crippen MR) is 126 cm³/mol. The van der Waals surface area contributed by atoms with Gasteiger partial charge in [0.15, 0.2) is 5.96 Å². The second-order valence-electron chi connectivity index (χ2n) is 9.39. The molecule has 31 heavy (non-hydrogen) atoms. The lowest BCUT2D eigenvalue weighted by Crippen LogP contribution is -2.53. The molecule has 1 saturated carbocycles. The highest BCUT2D eigenvalue weighted by atomic mass is 16.2. The smallest absolute Gasteiger partial charge is 0.225 e. The fourth-order valence-corrected chi connectivity index (χ4v) is 5.06. The maximum atomic E-state index is 12.4. The molecule has 1 amide bonds. The van der Waals surface area contributed by atoms with Gasteiger partial charge in [0.2, 0.25) is 5.91 Å². The number of piperazine rings is 1. The minimum Gasteiger partial charge on any atom is -0.355 e. The van der Waals surface area contributed by atoms with E-state index < -0.39 is 0 Å². The largest absolute Gasteiger partial charge is 0.355 e. The van der Waals surface area contributed by atoms with Gasteiger partial charge in [0.1, 0.15) is 0 Å². The van der Waals surface area contributed by atoms with E-state index in [9.17, 15) is 4.79 Å². The Morgan fingerprint density at radius 3 is 2.29 bits per heavy atom. The molecule has 0 aromatic heterocycles. The van der Waals surface area contributed by atoms with Crippen LogP contribution in [0, 0.1) is 11.8 Å². The van der Waals surface area contributed by atoms with Crippen molar-refractivity contribution in [3.8, 4) is 0 Å². The monoisotopic (exact) mass is 425 g/mol. The summed E-state index contributed by atoms with van der Waals surface area (Å²) in [5.74, 6) is 2.54. The van der Waals surface area contributed by atoms with Gasteiger partial charge < -0.3 is 15.1 Å². The van der Waals surface area contributed by atoms with Gasteiger partial charge in [-0.3, -0.25) is 14.7 Å². The van der Waals surface area contributed by atoms with Crippen molar-refractivity contribution in [2.75, 3.05) is 59.4 Å². The van der Waals surface area contributed by atoms with E-state index in [1.807, 2.05) is 7.05 Å². The second-order valence-corrected chi connectivity index (χ2v) is 9.39. The van der Waals surface area contributed by atoms with Crippen LogP contribution in [-0.4, -0.2) is 86.0 Å². The number of benzene rings is 1. The molecule has 3 fully saturated rings. The van der Waals surface area contributed by atoms with E-state index in [2.05, 4.69) is 55.3 Å². The number of hydrogen-bond acceptors (Lipinski definition) is 3. The summed E-state index contributed by atoms with van der Waals surface area (Å²) in [6, 6.07) is 10.9. The molecule has 6 heteroatoms. The molecule has 0 spiro atoms. The van der Waals surface area contributed by atoms with E-state index in [-0.39, 0.29) is 0 Å². The van der Waals surface area contributed by atoms with E-state index in [1.165, 1.54) is 31.2 Å². The standard InChI is InChI=1S/C25H39N5O/c1-26-25(30-13-10-22(11-14-30)20-21-6-3-2-4-7-21)27-12-15-28-16-18-29(19-17-28)24(31)23-8-5-9-23/h2-4,6-7,22-23H,5,8-20H2,1H3,(H,26,27). The van der Waals surface area contributed by atoms with E-state index in [0.29, 0.717) is 11.8 Å². The molecule has 1 aromatic rings. The molecule has 0 bridgehead atoms. The van der Waals surface area contributed by atoms with E-state index in [4.69, 9.17) is 0 Å². The Labute approximate surface area is 187 Å². The highest BCUT2D eigenvalue weighted by Gasteiger charge is 2.31. The first-order valence-corrected chi connectivity index (χ1v) is 12.2. The Morgan fingerprint density at radius 2 is 1.68 bits per heavy atom. The predicted octanol–water partition coefficient (Wildman–Crippen LogP) is 2.46. The Kier molecular flexibility index (Phi) is 7.84. The summed E-state index contributed by atoms with van der Waals surface area (Å²) >= 11 is 0. The second kappa shape index (κ2) is 11.0. The molecule has 0 atom stereocenters. The maximum absolute atomic E-state index is 12.4. The minimum absolute atomic E-state index is 0.327.